The van der Waals surface area contributed by atoms with Crippen molar-refractivity contribution in [3.63, 3.8) is 0 Å². The highest BCUT2D eigenvalue weighted by molar-refractivity contribution is 9.10. The number of nitrogens with zero attached hydrogens (tertiary/aromatic N) is 3. The van der Waals surface area contributed by atoms with Gasteiger partial charge in [0, 0.05) is 12.8 Å². The van der Waals surface area contributed by atoms with Crippen LogP contribution in [0.1, 0.15) is 39.5 Å². The zero-order chi connectivity index (χ0) is 14.5. The number of aromatic nitrogens is 1. The SMILES string of the molecule is CC(C)OC1CCC(=NN(C)c2cccc(Br)n2)CC1. The fraction of sp³-hybridized carbons (Fsp3) is 0.600. The standard InChI is InChI=1S/C15H22BrN3O/c1-11(2)20-13-9-7-12(8-10-13)18-19(3)15-6-4-5-14(16)17-15/h4-6,11,13H,7-10H2,1-3H3. The van der Waals surface area contributed by atoms with E-state index in [4.69, 9.17) is 4.74 Å². The van der Waals surface area contributed by atoms with Crippen molar-refractivity contribution in [3.8, 4) is 0 Å². The van der Waals surface area contributed by atoms with Gasteiger partial charge in [0.05, 0.1) is 12.2 Å². The fourth-order valence-corrected chi connectivity index (χ4v) is 2.72. The molecule has 0 bridgehead atoms. The topological polar surface area (TPSA) is 37.7 Å². The van der Waals surface area contributed by atoms with E-state index in [0.717, 1.165) is 36.1 Å². The van der Waals surface area contributed by atoms with Gasteiger partial charge in [-0.2, -0.15) is 5.10 Å². The molecule has 1 aromatic heterocycles. The molecule has 0 atom stereocenters. The molecule has 0 spiro atoms. The summed E-state index contributed by atoms with van der Waals surface area (Å²) in [6.45, 7) is 4.19. The molecule has 0 amide bonds. The highest BCUT2D eigenvalue weighted by Gasteiger charge is 2.19. The Bertz CT molecular complexity index is 466. The molecule has 0 aliphatic heterocycles. The van der Waals surface area contributed by atoms with Crippen molar-refractivity contribution in [2.45, 2.75) is 51.7 Å². The molecule has 0 radical (unpaired) electrons. The molecule has 1 saturated carbocycles. The lowest BCUT2D eigenvalue weighted by atomic mass is 9.95. The van der Waals surface area contributed by atoms with E-state index in [1.807, 2.05) is 30.3 Å². The number of hydrogen-bond donors (Lipinski definition) is 0. The number of halogens is 1. The molecule has 2 rings (SSSR count). The van der Waals surface area contributed by atoms with Crippen LogP contribution in [0.2, 0.25) is 0 Å². The zero-order valence-electron chi connectivity index (χ0n) is 12.3. The summed E-state index contributed by atoms with van der Waals surface area (Å²) in [5.74, 6) is 0.854. The Morgan fingerprint density at radius 2 is 2.05 bits per heavy atom. The van der Waals surface area contributed by atoms with E-state index in [-0.39, 0.29) is 0 Å². The van der Waals surface area contributed by atoms with Crippen molar-refractivity contribution in [2.24, 2.45) is 5.10 Å². The van der Waals surface area contributed by atoms with Gasteiger partial charge >= 0.3 is 0 Å². The first-order valence-corrected chi connectivity index (χ1v) is 7.92. The maximum atomic E-state index is 5.86. The average Bonchev–Trinajstić information content (AvgIpc) is 2.40. The summed E-state index contributed by atoms with van der Waals surface area (Å²) in [5.41, 5.74) is 1.23. The smallest absolute Gasteiger partial charge is 0.149 e. The van der Waals surface area contributed by atoms with Crippen LogP contribution >= 0.6 is 15.9 Å². The van der Waals surface area contributed by atoms with Crippen molar-refractivity contribution in [2.75, 3.05) is 12.1 Å². The number of anilines is 1. The zero-order valence-corrected chi connectivity index (χ0v) is 13.9. The second-order valence-electron chi connectivity index (χ2n) is 5.39. The molecule has 110 valence electrons. The predicted molar refractivity (Wildman–Crippen MR) is 86.3 cm³/mol. The lowest BCUT2D eigenvalue weighted by molar-refractivity contribution is -0.00244. The minimum absolute atomic E-state index is 0.312. The monoisotopic (exact) mass is 339 g/mol. The van der Waals surface area contributed by atoms with Gasteiger partial charge < -0.3 is 4.74 Å². The summed E-state index contributed by atoms with van der Waals surface area (Å²) < 4.78 is 6.69. The largest absolute Gasteiger partial charge is 0.376 e. The molecule has 0 saturated heterocycles. The van der Waals surface area contributed by atoms with E-state index >= 15 is 0 Å². The molecular weight excluding hydrogens is 318 g/mol. The van der Waals surface area contributed by atoms with Crippen LogP contribution in [0.4, 0.5) is 5.82 Å². The van der Waals surface area contributed by atoms with Crippen LogP contribution in [-0.4, -0.2) is 30.0 Å². The van der Waals surface area contributed by atoms with Gasteiger partial charge in [-0.3, -0.25) is 5.01 Å². The second-order valence-corrected chi connectivity index (χ2v) is 6.21. The number of hydrogen-bond acceptors (Lipinski definition) is 4. The minimum Gasteiger partial charge on any atom is -0.376 e. The Balaban J connectivity index is 1.92. The highest BCUT2D eigenvalue weighted by Crippen LogP contribution is 2.22. The third kappa shape index (κ3) is 4.56. The third-order valence-electron chi connectivity index (χ3n) is 3.30. The van der Waals surface area contributed by atoms with Gasteiger partial charge in [0.25, 0.3) is 0 Å². The number of rotatable bonds is 4. The first kappa shape index (κ1) is 15.4. The first-order chi connectivity index (χ1) is 9.54. The molecule has 1 fully saturated rings. The molecule has 4 nitrogen and oxygen atoms in total. The lowest BCUT2D eigenvalue weighted by Gasteiger charge is -2.26. The van der Waals surface area contributed by atoms with Crippen LogP contribution < -0.4 is 5.01 Å². The molecule has 0 unspecified atom stereocenters. The molecule has 1 aromatic rings. The van der Waals surface area contributed by atoms with Crippen LogP contribution in [0.25, 0.3) is 0 Å². The Labute approximate surface area is 129 Å². The molecule has 1 aliphatic rings. The van der Waals surface area contributed by atoms with E-state index < -0.39 is 0 Å². The summed E-state index contributed by atoms with van der Waals surface area (Å²) in [6.07, 6.45) is 4.86. The maximum absolute atomic E-state index is 5.86. The van der Waals surface area contributed by atoms with E-state index in [1.54, 1.807) is 0 Å². The van der Waals surface area contributed by atoms with Crippen LogP contribution in [0, 0.1) is 0 Å². The fourth-order valence-electron chi connectivity index (χ4n) is 2.39. The molecule has 0 aromatic carbocycles. The van der Waals surface area contributed by atoms with Gasteiger partial charge in [0.2, 0.25) is 0 Å². The Morgan fingerprint density at radius 1 is 1.35 bits per heavy atom. The van der Waals surface area contributed by atoms with Crippen molar-refractivity contribution in [1.82, 2.24) is 4.98 Å². The highest BCUT2D eigenvalue weighted by atomic mass is 79.9. The normalized spacial score (nSPS) is 19.2. The van der Waals surface area contributed by atoms with Crippen LogP contribution in [0.5, 0.6) is 0 Å². The predicted octanol–water partition coefficient (Wildman–Crippen LogP) is 4.00. The summed E-state index contributed by atoms with van der Waals surface area (Å²) in [7, 11) is 1.94. The average molecular weight is 340 g/mol. The Kier molecular flexibility index (Phi) is 5.54. The van der Waals surface area contributed by atoms with Gasteiger partial charge in [0.15, 0.2) is 0 Å². The minimum atomic E-state index is 0.312. The van der Waals surface area contributed by atoms with Gasteiger partial charge in [-0.15, -0.1) is 0 Å². The first-order valence-electron chi connectivity index (χ1n) is 7.12. The van der Waals surface area contributed by atoms with Gasteiger partial charge in [-0.25, -0.2) is 4.98 Å². The van der Waals surface area contributed by atoms with Gasteiger partial charge in [-0.1, -0.05) is 6.07 Å². The van der Waals surface area contributed by atoms with Crippen molar-refractivity contribution < 1.29 is 4.74 Å². The van der Waals surface area contributed by atoms with E-state index in [2.05, 4.69) is 39.9 Å². The van der Waals surface area contributed by atoms with Crippen LogP contribution in [0.3, 0.4) is 0 Å². The molecular formula is C15H22BrN3O. The van der Waals surface area contributed by atoms with Crippen LogP contribution in [0.15, 0.2) is 27.9 Å². The lowest BCUT2D eigenvalue weighted by Crippen LogP contribution is -2.26. The maximum Gasteiger partial charge on any atom is 0.149 e. The van der Waals surface area contributed by atoms with E-state index in [9.17, 15) is 0 Å². The summed E-state index contributed by atoms with van der Waals surface area (Å²) in [6, 6.07) is 5.84. The molecule has 1 aliphatic carbocycles. The second kappa shape index (κ2) is 7.18. The van der Waals surface area contributed by atoms with Crippen molar-refractivity contribution in [3.05, 3.63) is 22.8 Å². The number of ether oxygens (including phenoxy) is 1. The summed E-state index contributed by atoms with van der Waals surface area (Å²) in [5, 5.41) is 6.52. The van der Waals surface area contributed by atoms with Crippen LogP contribution in [-0.2, 0) is 4.74 Å². The van der Waals surface area contributed by atoms with E-state index in [0.29, 0.717) is 12.2 Å². The van der Waals surface area contributed by atoms with E-state index in [1.165, 1.54) is 5.71 Å². The summed E-state index contributed by atoms with van der Waals surface area (Å²) in [4.78, 5) is 4.40. The number of hydrazone groups is 1. The van der Waals surface area contributed by atoms with Gasteiger partial charge in [-0.05, 0) is 67.6 Å². The van der Waals surface area contributed by atoms with Crippen molar-refractivity contribution in [1.29, 1.82) is 0 Å². The molecule has 1 heterocycles. The third-order valence-corrected chi connectivity index (χ3v) is 3.74. The summed E-state index contributed by atoms with van der Waals surface area (Å²) >= 11 is 3.38. The molecule has 5 heteroatoms. The molecule has 20 heavy (non-hydrogen) atoms. The quantitative estimate of drug-likeness (QED) is 0.614. The number of pyridine rings is 1. The Hall–Kier alpha value is -0.940. The molecule has 0 N–H and O–H groups in total. The van der Waals surface area contributed by atoms with Crippen molar-refractivity contribution >= 4 is 27.5 Å². The van der Waals surface area contributed by atoms with Gasteiger partial charge in [0.1, 0.15) is 10.4 Å². The Morgan fingerprint density at radius 3 is 2.65 bits per heavy atom.